The Kier molecular flexibility index (Phi) is 6.27. The largest absolute Gasteiger partial charge is 0.492 e. The molecule has 0 heterocycles. The van der Waals surface area contributed by atoms with Crippen LogP contribution in [-0.2, 0) is 12.8 Å². The van der Waals surface area contributed by atoms with Crippen LogP contribution in [-0.4, -0.2) is 12.6 Å². The summed E-state index contributed by atoms with van der Waals surface area (Å²) in [4.78, 5) is 0. The molecule has 0 aliphatic carbocycles. The van der Waals surface area contributed by atoms with Gasteiger partial charge in [0.1, 0.15) is 5.75 Å². The molecular formula is C18H22BrNO. The van der Waals surface area contributed by atoms with Crippen LogP contribution in [0.5, 0.6) is 5.75 Å². The lowest BCUT2D eigenvalue weighted by Gasteiger charge is -2.12. The van der Waals surface area contributed by atoms with Gasteiger partial charge in [0.2, 0.25) is 0 Å². The van der Waals surface area contributed by atoms with Crippen molar-refractivity contribution < 1.29 is 4.74 Å². The van der Waals surface area contributed by atoms with Gasteiger partial charge >= 0.3 is 0 Å². The highest BCUT2D eigenvalue weighted by molar-refractivity contribution is 9.10. The molecule has 0 aliphatic heterocycles. The summed E-state index contributed by atoms with van der Waals surface area (Å²) in [6.07, 6.45) is 2.81. The topological polar surface area (TPSA) is 35.2 Å². The van der Waals surface area contributed by atoms with Gasteiger partial charge in [-0.1, -0.05) is 43.3 Å². The molecule has 0 aliphatic rings. The first kappa shape index (κ1) is 16.1. The maximum absolute atomic E-state index is 5.99. The van der Waals surface area contributed by atoms with Crippen molar-refractivity contribution in [3.05, 3.63) is 64.1 Å². The van der Waals surface area contributed by atoms with Crippen molar-refractivity contribution in [3.8, 4) is 5.75 Å². The minimum Gasteiger partial charge on any atom is -0.492 e. The van der Waals surface area contributed by atoms with E-state index in [9.17, 15) is 0 Å². The fourth-order valence-electron chi connectivity index (χ4n) is 2.16. The fraction of sp³-hybridized carbons (Fsp3) is 0.333. The summed E-state index contributed by atoms with van der Waals surface area (Å²) in [6.45, 7) is 2.79. The van der Waals surface area contributed by atoms with Gasteiger partial charge in [0.25, 0.3) is 0 Å². The summed E-state index contributed by atoms with van der Waals surface area (Å²) in [5.41, 5.74) is 8.52. The van der Waals surface area contributed by atoms with Crippen LogP contribution in [0.1, 0.15) is 24.5 Å². The molecule has 2 aromatic carbocycles. The summed E-state index contributed by atoms with van der Waals surface area (Å²) in [7, 11) is 0. The van der Waals surface area contributed by atoms with E-state index in [-0.39, 0.29) is 6.04 Å². The summed E-state index contributed by atoms with van der Waals surface area (Å²) in [5, 5.41) is 0. The lowest BCUT2D eigenvalue weighted by Crippen LogP contribution is -2.21. The number of nitrogens with two attached hydrogens (primary N) is 1. The number of ether oxygens (including phenoxy) is 1. The van der Waals surface area contributed by atoms with E-state index in [4.69, 9.17) is 10.5 Å². The average Bonchev–Trinajstić information content (AvgIpc) is 2.50. The summed E-state index contributed by atoms with van der Waals surface area (Å²) in [6, 6.07) is 16.8. The molecular weight excluding hydrogens is 326 g/mol. The summed E-state index contributed by atoms with van der Waals surface area (Å²) < 4.78 is 6.85. The Hall–Kier alpha value is -1.32. The second-order valence-electron chi connectivity index (χ2n) is 5.22. The minimum absolute atomic E-state index is 0.224. The van der Waals surface area contributed by atoms with E-state index in [1.165, 1.54) is 11.1 Å². The van der Waals surface area contributed by atoms with E-state index in [0.717, 1.165) is 29.5 Å². The van der Waals surface area contributed by atoms with Crippen LogP contribution in [0.3, 0.4) is 0 Å². The standard InChI is InChI=1S/C18H22BrNO/c1-2-16(20)12-15-8-9-18(17(19)13-15)21-11-10-14-6-4-3-5-7-14/h3-9,13,16H,2,10-12,20H2,1H3. The average molecular weight is 348 g/mol. The Bertz CT molecular complexity index is 556. The van der Waals surface area contributed by atoms with E-state index in [1.54, 1.807) is 0 Å². The molecule has 3 heteroatoms. The molecule has 0 fully saturated rings. The molecule has 0 amide bonds. The molecule has 2 nitrogen and oxygen atoms in total. The van der Waals surface area contributed by atoms with Gasteiger partial charge in [-0.05, 0) is 52.0 Å². The lowest BCUT2D eigenvalue weighted by atomic mass is 10.0. The first-order valence-corrected chi connectivity index (χ1v) is 8.19. The molecule has 0 spiro atoms. The Morgan fingerprint density at radius 2 is 1.86 bits per heavy atom. The van der Waals surface area contributed by atoms with Crippen molar-refractivity contribution in [3.63, 3.8) is 0 Å². The quantitative estimate of drug-likeness (QED) is 0.807. The highest BCUT2D eigenvalue weighted by Crippen LogP contribution is 2.26. The van der Waals surface area contributed by atoms with Gasteiger partial charge < -0.3 is 10.5 Å². The lowest BCUT2D eigenvalue weighted by molar-refractivity contribution is 0.320. The van der Waals surface area contributed by atoms with Gasteiger partial charge in [0.15, 0.2) is 0 Å². The first-order chi connectivity index (χ1) is 10.2. The number of hydrogen-bond donors (Lipinski definition) is 1. The van der Waals surface area contributed by atoms with E-state index < -0.39 is 0 Å². The van der Waals surface area contributed by atoms with Crippen LogP contribution < -0.4 is 10.5 Å². The number of benzene rings is 2. The predicted octanol–water partition coefficient (Wildman–Crippen LogP) is 4.35. The molecule has 0 radical (unpaired) electrons. The zero-order valence-electron chi connectivity index (χ0n) is 12.4. The highest BCUT2D eigenvalue weighted by Gasteiger charge is 2.06. The minimum atomic E-state index is 0.224. The van der Waals surface area contributed by atoms with Gasteiger partial charge in [-0.2, -0.15) is 0 Å². The van der Waals surface area contributed by atoms with Crippen molar-refractivity contribution in [2.75, 3.05) is 6.61 Å². The van der Waals surface area contributed by atoms with Gasteiger partial charge in [-0.15, -0.1) is 0 Å². The third kappa shape index (κ3) is 5.18. The van der Waals surface area contributed by atoms with E-state index in [0.29, 0.717) is 6.61 Å². The Morgan fingerprint density at radius 1 is 1.10 bits per heavy atom. The maximum Gasteiger partial charge on any atom is 0.133 e. The molecule has 2 aromatic rings. The van der Waals surface area contributed by atoms with Crippen LogP contribution in [0.25, 0.3) is 0 Å². The predicted molar refractivity (Wildman–Crippen MR) is 91.8 cm³/mol. The van der Waals surface area contributed by atoms with Crippen molar-refractivity contribution in [2.24, 2.45) is 5.73 Å². The van der Waals surface area contributed by atoms with Gasteiger partial charge in [-0.3, -0.25) is 0 Å². The number of hydrogen-bond acceptors (Lipinski definition) is 2. The Labute approximate surface area is 135 Å². The molecule has 2 N–H and O–H groups in total. The van der Waals surface area contributed by atoms with Crippen LogP contribution in [0.15, 0.2) is 53.0 Å². The van der Waals surface area contributed by atoms with Crippen LogP contribution in [0, 0.1) is 0 Å². The molecule has 1 unspecified atom stereocenters. The first-order valence-electron chi connectivity index (χ1n) is 7.39. The Balaban J connectivity index is 1.89. The van der Waals surface area contributed by atoms with E-state index in [2.05, 4.69) is 59.3 Å². The third-order valence-corrected chi connectivity index (χ3v) is 4.13. The van der Waals surface area contributed by atoms with Crippen LogP contribution in [0.4, 0.5) is 0 Å². The van der Waals surface area contributed by atoms with Gasteiger partial charge in [-0.25, -0.2) is 0 Å². The molecule has 0 bridgehead atoms. The summed E-state index contributed by atoms with van der Waals surface area (Å²) in [5.74, 6) is 0.889. The molecule has 21 heavy (non-hydrogen) atoms. The van der Waals surface area contributed by atoms with Gasteiger partial charge in [0.05, 0.1) is 11.1 Å². The molecule has 0 saturated heterocycles. The maximum atomic E-state index is 5.99. The highest BCUT2D eigenvalue weighted by atomic mass is 79.9. The van der Waals surface area contributed by atoms with Crippen LogP contribution in [0.2, 0.25) is 0 Å². The normalized spacial score (nSPS) is 12.1. The molecule has 1 atom stereocenters. The second-order valence-corrected chi connectivity index (χ2v) is 6.08. The van der Waals surface area contributed by atoms with Crippen molar-refractivity contribution in [2.45, 2.75) is 32.2 Å². The Morgan fingerprint density at radius 3 is 2.52 bits per heavy atom. The van der Waals surface area contributed by atoms with E-state index in [1.807, 2.05) is 12.1 Å². The third-order valence-electron chi connectivity index (χ3n) is 3.51. The molecule has 2 rings (SSSR count). The number of rotatable bonds is 7. The van der Waals surface area contributed by atoms with E-state index >= 15 is 0 Å². The van der Waals surface area contributed by atoms with Crippen molar-refractivity contribution >= 4 is 15.9 Å². The monoisotopic (exact) mass is 347 g/mol. The zero-order valence-corrected chi connectivity index (χ0v) is 14.0. The van der Waals surface area contributed by atoms with Crippen molar-refractivity contribution in [1.29, 1.82) is 0 Å². The molecule has 0 saturated carbocycles. The molecule has 112 valence electrons. The fourth-order valence-corrected chi connectivity index (χ4v) is 2.70. The molecule has 0 aromatic heterocycles. The second kappa shape index (κ2) is 8.20. The van der Waals surface area contributed by atoms with Crippen LogP contribution >= 0.6 is 15.9 Å². The number of halogens is 1. The smallest absolute Gasteiger partial charge is 0.133 e. The van der Waals surface area contributed by atoms with Crippen molar-refractivity contribution in [1.82, 2.24) is 0 Å². The van der Waals surface area contributed by atoms with Gasteiger partial charge in [0, 0.05) is 12.5 Å². The summed E-state index contributed by atoms with van der Waals surface area (Å²) >= 11 is 3.58. The SMILES string of the molecule is CCC(N)Cc1ccc(OCCc2ccccc2)c(Br)c1. The zero-order chi connectivity index (χ0) is 15.1.